The van der Waals surface area contributed by atoms with Gasteiger partial charge in [-0.3, -0.25) is 0 Å². The van der Waals surface area contributed by atoms with E-state index in [0.29, 0.717) is 0 Å². The van der Waals surface area contributed by atoms with Gasteiger partial charge in [-0.05, 0) is 0 Å². The molecule has 8 heteroatoms. The highest BCUT2D eigenvalue weighted by atomic mass is 14.2. The molecule has 56 valence electrons. The SMILES string of the molecule is [B]1[B]C2=C1C1=C([B][B]1)C1=C([B][B]1)C1=C2[B][B]1. The maximum absolute atomic E-state index is 2.24. The molecule has 8 radical (unpaired) electrons. The maximum Gasteiger partial charge on any atom is 0.112 e. The summed E-state index contributed by atoms with van der Waals surface area (Å²) in [6, 6.07) is 0. The molecule has 0 amide bonds. The van der Waals surface area contributed by atoms with Crippen LogP contribution < -0.4 is 0 Å². The molecule has 0 saturated heterocycles. The van der Waals surface area contributed by atoms with Gasteiger partial charge in [0.25, 0.3) is 0 Å². The van der Waals surface area contributed by atoms with E-state index in [0.717, 1.165) is 0 Å². The van der Waals surface area contributed by atoms with E-state index in [1.807, 2.05) is 0 Å². The molecule has 0 aromatic carbocycles. The topological polar surface area (TPSA) is 0 Å². The van der Waals surface area contributed by atoms with E-state index >= 15 is 0 Å². The highest BCUT2D eigenvalue weighted by Gasteiger charge is 2.39. The van der Waals surface area contributed by atoms with E-state index in [-0.39, 0.29) is 0 Å². The maximum atomic E-state index is 2.24. The van der Waals surface area contributed by atoms with Crippen LogP contribution in [0.25, 0.3) is 0 Å². The molecule has 1 aliphatic carbocycles. The summed E-state index contributed by atoms with van der Waals surface area (Å²) >= 11 is 0. The van der Waals surface area contributed by atoms with Crippen molar-refractivity contribution in [1.29, 1.82) is 0 Å². The molecule has 0 bridgehead atoms. The van der Waals surface area contributed by atoms with Crippen molar-refractivity contribution in [3.63, 3.8) is 0 Å². The van der Waals surface area contributed by atoms with Gasteiger partial charge in [0.2, 0.25) is 0 Å². The van der Waals surface area contributed by atoms with E-state index in [9.17, 15) is 0 Å². The monoisotopic (exact) mass is 184 g/mol. The zero-order valence-corrected chi connectivity index (χ0v) is 8.62. The van der Waals surface area contributed by atoms with E-state index in [1.165, 1.54) is 43.8 Å². The second-order valence-corrected chi connectivity index (χ2v) is 4.64. The third-order valence-corrected chi connectivity index (χ3v) is 3.99. The van der Waals surface area contributed by atoms with Gasteiger partial charge in [0.15, 0.2) is 0 Å². The lowest BCUT2D eigenvalue weighted by Crippen LogP contribution is -2.47. The van der Waals surface area contributed by atoms with Crippen LogP contribution in [0, 0.1) is 0 Å². The highest BCUT2D eigenvalue weighted by Crippen LogP contribution is 2.43. The summed E-state index contributed by atoms with van der Waals surface area (Å²) in [6.07, 6.45) is 0. The number of fused-ring (bicyclic) bond motifs is 4. The quantitative estimate of drug-likeness (QED) is 0.388. The molecule has 0 atom stereocenters. The molecule has 0 unspecified atom stereocenters. The zero-order valence-electron chi connectivity index (χ0n) is 8.62. The van der Waals surface area contributed by atoms with Gasteiger partial charge in [0.05, 0.1) is 0 Å². The third-order valence-electron chi connectivity index (χ3n) is 3.99. The lowest BCUT2D eigenvalue weighted by molar-refractivity contribution is 1.50. The van der Waals surface area contributed by atoms with Crippen molar-refractivity contribution < 1.29 is 0 Å². The van der Waals surface area contributed by atoms with Gasteiger partial charge >= 0.3 is 0 Å². The first-order valence-electron chi connectivity index (χ1n) is 5.64. The summed E-state index contributed by atoms with van der Waals surface area (Å²) in [6.45, 7) is 0. The van der Waals surface area contributed by atoms with Crippen molar-refractivity contribution in [3.05, 3.63) is 43.8 Å². The molecule has 0 aromatic rings. The summed E-state index contributed by atoms with van der Waals surface area (Å²) in [5, 5.41) is 0. The van der Waals surface area contributed by atoms with Gasteiger partial charge in [0.1, 0.15) is 57.4 Å². The van der Waals surface area contributed by atoms with Gasteiger partial charge in [-0.15, -0.1) is 43.8 Å². The largest absolute Gasteiger partial charge is 0.112 e. The Bertz CT molecular complexity index is 403. The van der Waals surface area contributed by atoms with Crippen molar-refractivity contribution in [2.75, 3.05) is 0 Å². The Balaban J connectivity index is 1.84. The summed E-state index contributed by atoms with van der Waals surface area (Å²) in [5.74, 6) is 0. The Morgan fingerprint density at radius 3 is 0.438 bits per heavy atom. The van der Waals surface area contributed by atoms with E-state index in [4.69, 9.17) is 0 Å². The van der Waals surface area contributed by atoms with Crippen LogP contribution in [0.1, 0.15) is 0 Å². The molecule has 0 nitrogen and oxygen atoms in total. The second kappa shape index (κ2) is 2.65. The summed E-state index contributed by atoms with van der Waals surface area (Å²) in [5.41, 5.74) is 11.5. The molecule has 4 heterocycles. The predicted octanol–water partition coefficient (Wildman–Crippen LogP) is -1.81. The number of rotatable bonds is 0. The smallest absolute Gasteiger partial charge is 0.112 e. The van der Waals surface area contributed by atoms with E-state index < -0.39 is 0 Å². The van der Waals surface area contributed by atoms with Gasteiger partial charge in [-0.1, -0.05) is 0 Å². The fourth-order valence-electron chi connectivity index (χ4n) is 2.88. The van der Waals surface area contributed by atoms with Gasteiger partial charge in [0, 0.05) is 0 Å². The average Bonchev–Trinajstić information content (AvgIpc) is 2.17. The van der Waals surface area contributed by atoms with Crippen LogP contribution in [0.2, 0.25) is 0 Å². The van der Waals surface area contributed by atoms with Crippen molar-refractivity contribution in [3.8, 4) is 0 Å². The molecule has 5 rings (SSSR count). The summed E-state index contributed by atoms with van der Waals surface area (Å²) in [4.78, 5) is 0. The van der Waals surface area contributed by atoms with Crippen LogP contribution in [-0.4, -0.2) is 57.4 Å². The van der Waals surface area contributed by atoms with Crippen molar-refractivity contribution >= 4 is 57.4 Å². The van der Waals surface area contributed by atoms with Crippen LogP contribution in [0.3, 0.4) is 0 Å². The molecule has 5 aliphatic rings. The van der Waals surface area contributed by atoms with Crippen LogP contribution in [0.4, 0.5) is 0 Å². The Morgan fingerprint density at radius 2 is 0.375 bits per heavy atom. The fourth-order valence-corrected chi connectivity index (χ4v) is 2.88. The number of allylic oxidation sites excluding steroid dienone is 8. The molecule has 0 fully saturated rings. The van der Waals surface area contributed by atoms with Crippen molar-refractivity contribution in [1.82, 2.24) is 0 Å². The molecule has 0 saturated carbocycles. The lowest BCUT2D eigenvalue weighted by atomic mass is 9.03. The minimum Gasteiger partial charge on any atom is -0.112 e. The standard InChI is InChI=1S/C8B8/c9-1-2(10-9)4-6(14-13-4)8-7(15-16-8)5-3(1)11-12-5. The zero-order chi connectivity index (χ0) is 10.3. The van der Waals surface area contributed by atoms with Crippen LogP contribution >= 0.6 is 0 Å². The van der Waals surface area contributed by atoms with Gasteiger partial charge in [-0.25, -0.2) is 0 Å². The first-order valence-corrected chi connectivity index (χ1v) is 5.64. The Hall–Kier alpha value is -0.521. The fraction of sp³-hybridized carbons (Fsp3) is 0. The first-order chi connectivity index (χ1) is 7.93. The molecule has 0 N–H and O–H groups in total. The van der Waals surface area contributed by atoms with Crippen molar-refractivity contribution in [2.24, 2.45) is 0 Å². The molecule has 0 aromatic heterocycles. The number of hydrogen-bond donors (Lipinski definition) is 0. The molecular weight excluding hydrogens is 183 g/mol. The molecular formula is C8B8. The number of hydrogen-bond acceptors (Lipinski definition) is 0. The third kappa shape index (κ3) is 0.792. The van der Waals surface area contributed by atoms with Crippen molar-refractivity contribution in [2.45, 2.75) is 0 Å². The molecule has 16 heavy (non-hydrogen) atoms. The highest BCUT2D eigenvalue weighted by molar-refractivity contribution is 7.26. The van der Waals surface area contributed by atoms with E-state index in [2.05, 4.69) is 57.4 Å². The lowest BCUT2D eigenvalue weighted by Gasteiger charge is -2.45. The van der Waals surface area contributed by atoms with Gasteiger partial charge in [-0.2, -0.15) is 0 Å². The van der Waals surface area contributed by atoms with Crippen LogP contribution in [0.15, 0.2) is 43.8 Å². The molecule has 0 spiro atoms. The van der Waals surface area contributed by atoms with Gasteiger partial charge < -0.3 is 0 Å². The minimum absolute atomic E-state index is 1.43. The van der Waals surface area contributed by atoms with Crippen LogP contribution in [0.5, 0.6) is 0 Å². The predicted molar refractivity (Wildman–Crippen MR) is 74.1 cm³/mol. The summed E-state index contributed by atoms with van der Waals surface area (Å²) in [7, 11) is 17.9. The minimum atomic E-state index is 1.43. The normalized spacial score (nSPS) is 26.0. The first kappa shape index (κ1) is 8.55. The van der Waals surface area contributed by atoms with E-state index in [1.54, 1.807) is 0 Å². The molecule has 4 aliphatic heterocycles. The Morgan fingerprint density at radius 1 is 0.250 bits per heavy atom. The Labute approximate surface area is 101 Å². The average molecular weight is 183 g/mol. The van der Waals surface area contributed by atoms with Crippen LogP contribution in [-0.2, 0) is 0 Å². The summed E-state index contributed by atoms with van der Waals surface area (Å²) < 4.78 is 0. The second-order valence-electron chi connectivity index (χ2n) is 4.64. The Kier molecular flexibility index (Phi) is 1.42.